The SMILES string of the molecule is CCCCOC1=CC(=Nc2ccc(N)cc2)C(=N)CC1=N. The summed E-state index contributed by atoms with van der Waals surface area (Å²) in [5.74, 6) is 0.522. The Balaban J connectivity index is 2.22. The zero-order chi connectivity index (χ0) is 15.2. The number of allylic oxidation sites excluding steroid dienone is 2. The number of nitrogen functional groups attached to an aromatic ring is 1. The molecule has 1 aliphatic rings. The van der Waals surface area contributed by atoms with Gasteiger partial charge in [-0.25, -0.2) is 4.99 Å². The van der Waals surface area contributed by atoms with Crippen LogP contribution in [0.2, 0.25) is 0 Å². The zero-order valence-corrected chi connectivity index (χ0v) is 12.1. The second kappa shape index (κ2) is 6.83. The smallest absolute Gasteiger partial charge is 0.142 e. The standard InChI is InChI=1S/C16H20N4O/c1-2-3-8-21-16-10-15(13(18)9-14(16)19)20-12-6-4-11(17)5-7-12/h4-7,10,18-19H,2-3,8-9,17H2,1H3. The normalized spacial score (nSPS) is 17.0. The topological polar surface area (TPSA) is 95.3 Å². The highest BCUT2D eigenvalue weighted by atomic mass is 16.5. The summed E-state index contributed by atoms with van der Waals surface area (Å²) in [7, 11) is 0. The van der Waals surface area contributed by atoms with Gasteiger partial charge in [-0.1, -0.05) is 13.3 Å². The molecule has 0 aromatic heterocycles. The van der Waals surface area contributed by atoms with E-state index in [4.69, 9.17) is 21.3 Å². The fourth-order valence-corrected chi connectivity index (χ4v) is 1.90. The van der Waals surface area contributed by atoms with Crippen molar-refractivity contribution in [2.75, 3.05) is 12.3 Å². The van der Waals surface area contributed by atoms with Crippen molar-refractivity contribution in [1.82, 2.24) is 0 Å². The van der Waals surface area contributed by atoms with Gasteiger partial charge in [-0.3, -0.25) is 0 Å². The molecule has 0 amide bonds. The Morgan fingerprint density at radius 1 is 1.19 bits per heavy atom. The number of anilines is 1. The maximum absolute atomic E-state index is 7.97. The number of nitrogens with one attached hydrogen (secondary N) is 2. The van der Waals surface area contributed by atoms with E-state index in [1.165, 1.54) is 0 Å². The highest BCUT2D eigenvalue weighted by Crippen LogP contribution is 2.18. The maximum atomic E-state index is 7.97. The van der Waals surface area contributed by atoms with E-state index in [-0.39, 0.29) is 6.42 Å². The van der Waals surface area contributed by atoms with E-state index in [1.54, 1.807) is 30.3 Å². The molecule has 0 fully saturated rings. The molecular formula is C16H20N4O. The van der Waals surface area contributed by atoms with Crippen LogP contribution in [0.1, 0.15) is 26.2 Å². The summed E-state index contributed by atoms with van der Waals surface area (Å²) in [5, 5.41) is 15.9. The summed E-state index contributed by atoms with van der Waals surface area (Å²) in [6.45, 7) is 2.68. The lowest BCUT2D eigenvalue weighted by Crippen LogP contribution is -2.24. The lowest BCUT2D eigenvalue weighted by atomic mass is 10.00. The number of ether oxygens (including phenoxy) is 1. The van der Waals surface area contributed by atoms with E-state index in [0.717, 1.165) is 18.5 Å². The molecule has 1 aromatic rings. The molecule has 5 nitrogen and oxygen atoms in total. The zero-order valence-electron chi connectivity index (χ0n) is 12.1. The molecule has 0 aliphatic heterocycles. The van der Waals surface area contributed by atoms with E-state index in [0.29, 0.717) is 35.2 Å². The van der Waals surface area contributed by atoms with Gasteiger partial charge in [-0.2, -0.15) is 0 Å². The Labute approximate surface area is 124 Å². The quantitative estimate of drug-likeness (QED) is 0.570. The number of hydrogen-bond donors (Lipinski definition) is 3. The monoisotopic (exact) mass is 284 g/mol. The van der Waals surface area contributed by atoms with Gasteiger partial charge in [0.2, 0.25) is 0 Å². The van der Waals surface area contributed by atoms with Crippen LogP contribution in [-0.2, 0) is 4.74 Å². The van der Waals surface area contributed by atoms with Crippen LogP contribution in [-0.4, -0.2) is 23.7 Å². The van der Waals surface area contributed by atoms with Crippen molar-refractivity contribution in [2.24, 2.45) is 4.99 Å². The molecule has 4 N–H and O–H groups in total. The molecule has 0 saturated carbocycles. The number of nitrogens with zero attached hydrogens (tertiary/aromatic N) is 1. The summed E-state index contributed by atoms with van der Waals surface area (Å²) in [6.07, 6.45) is 3.93. The van der Waals surface area contributed by atoms with E-state index in [9.17, 15) is 0 Å². The van der Waals surface area contributed by atoms with Crippen LogP contribution in [0, 0.1) is 10.8 Å². The second-order valence-electron chi connectivity index (χ2n) is 4.93. The van der Waals surface area contributed by atoms with Gasteiger partial charge in [0.15, 0.2) is 0 Å². The van der Waals surface area contributed by atoms with Crippen molar-refractivity contribution in [1.29, 1.82) is 10.8 Å². The molecule has 0 unspecified atom stereocenters. The van der Waals surface area contributed by atoms with Crippen molar-refractivity contribution in [2.45, 2.75) is 26.2 Å². The number of nitrogens with two attached hydrogens (primary N) is 1. The highest BCUT2D eigenvalue weighted by molar-refractivity contribution is 6.51. The third-order valence-electron chi connectivity index (χ3n) is 3.13. The predicted octanol–water partition coefficient (Wildman–Crippen LogP) is 3.49. The molecule has 2 rings (SSSR count). The fourth-order valence-electron chi connectivity index (χ4n) is 1.90. The third-order valence-corrected chi connectivity index (χ3v) is 3.13. The van der Waals surface area contributed by atoms with Gasteiger partial charge in [0, 0.05) is 18.2 Å². The van der Waals surface area contributed by atoms with Gasteiger partial charge >= 0.3 is 0 Å². The molecule has 110 valence electrons. The van der Waals surface area contributed by atoms with Crippen molar-refractivity contribution in [3.05, 3.63) is 36.1 Å². The number of aliphatic imine (C=N–C) groups is 1. The summed E-state index contributed by atoms with van der Waals surface area (Å²) in [5.41, 5.74) is 8.28. The first-order chi connectivity index (χ1) is 10.1. The van der Waals surface area contributed by atoms with Crippen molar-refractivity contribution in [3.63, 3.8) is 0 Å². The predicted molar refractivity (Wildman–Crippen MR) is 87.0 cm³/mol. The Kier molecular flexibility index (Phi) is 4.87. The average Bonchev–Trinajstić information content (AvgIpc) is 2.46. The first-order valence-corrected chi connectivity index (χ1v) is 7.04. The van der Waals surface area contributed by atoms with Crippen molar-refractivity contribution in [3.8, 4) is 0 Å². The molecular weight excluding hydrogens is 264 g/mol. The van der Waals surface area contributed by atoms with Crippen LogP contribution in [0.25, 0.3) is 0 Å². The van der Waals surface area contributed by atoms with E-state index in [2.05, 4.69) is 11.9 Å². The molecule has 0 atom stereocenters. The first kappa shape index (κ1) is 15.0. The fraction of sp³-hybridized carbons (Fsp3) is 0.312. The summed E-state index contributed by atoms with van der Waals surface area (Å²) in [4.78, 5) is 4.44. The van der Waals surface area contributed by atoms with Gasteiger partial charge < -0.3 is 21.3 Å². The molecule has 5 heteroatoms. The Morgan fingerprint density at radius 2 is 1.90 bits per heavy atom. The van der Waals surface area contributed by atoms with Gasteiger partial charge in [-0.05, 0) is 30.7 Å². The number of benzene rings is 1. The number of hydrogen-bond acceptors (Lipinski definition) is 5. The minimum atomic E-state index is 0.256. The van der Waals surface area contributed by atoms with Crippen LogP contribution >= 0.6 is 0 Å². The van der Waals surface area contributed by atoms with Gasteiger partial charge in [-0.15, -0.1) is 0 Å². The van der Waals surface area contributed by atoms with Gasteiger partial charge in [0.05, 0.1) is 29.4 Å². The van der Waals surface area contributed by atoms with E-state index in [1.807, 2.05) is 0 Å². The van der Waals surface area contributed by atoms with Crippen LogP contribution in [0.4, 0.5) is 11.4 Å². The van der Waals surface area contributed by atoms with Crippen LogP contribution in [0.3, 0.4) is 0 Å². The lowest BCUT2D eigenvalue weighted by Gasteiger charge is -2.17. The Morgan fingerprint density at radius 3 is 2.57 bits per heavy atom. The molecule has 0 spiro atoms. The number of rotatable bonds is 5. The average molecular weight is 284 g/mol. The van der Waals surface area contributed by atoms with Gasteiger partial charge in [0.25, 0.3) is 0 Å². The molecule has 0 bridgehead atoms. The lowest BCUT2D eigenvalue weighted by molar-refractivity contribution is 0.225. The van der Waals surface area contributed by atoms with Crippen molar-refractivity contribution >= 4 is 28.5 Å². The summed E-state index contributed by atoms with van der Waals surface area (Å²) in [6, 6.07) is 7.16. The molecule has 21 heavy (non-hydrogen) atoms. The molecule has 1 aliphatic carbocycles. The van der Waals surface area contributed by atoms with Crippen molar-refractivity contribution < 1.29 is 4.74 Å². The molecule has 0 saturated heterocycles. The highest BCUT2D eigenvalue weighted by Gasteiger charge is 2.20. The maximum Gasteiger partial charge on any atom is 0.142 e. The minimum Gasteiger partial charge on any atom is -0.492 e. The summed E-state index contributed by atoms with van der Waals surface area (Å²) < 4.78 is 5.61. The Bertz CT molecular complexity index is 599. The number of unbranched alkanes of at least 4 members (excludes halogenated alkanes) is 1. The second-order valence-corrected chi connectivity index (χ2v) is 4.93. The van der Waals surface area contributed by atoms with Crippen LogP contribution in [0.15, 0.2) is 41.1 Å². The summed E-state index contributed by atoms with van der Waals surface area (Å²) >= 11 is 0. The molecule has 1 aromatic carbocycles. The van der Waals surface area contributed by atoms with Gasteiger partial charge in [0.1, 0.15) is 5.76 Å². The van der Waals surface area contributed by atoms with E-state index < -0.39 is 0 Å². The molecule has 0 radical (unpaired) electrons. The van der Waals surface area contributed by atoms with Crippen LogP contribution < -0.4 is 5.73 Å². The molecule has 0 heterocycles. The third kappa shape index (κ3) is 4.02. The van der Waals surface area contributed by atoms with Crippen LogP contribution in [0.5, 0.6) is 0 Å². The Hall–Kier alpha value is -2.43. The van der Waals surface area contributed by atoms with E-state index >= 15 is 0 Å². The first-order valence-electron chi connectivity index (χ1n) is 7.04. The largest absolute Gasteiger partial charge is 0.492 e. The minimum absolute atomic E-state index is 0.256.